The molecule has 0 heterocycles. The molecule has 3 aromatic carbocycles. The van der Waals surface area contributed by atoms with Crippen molar-refractivity contribution in [3.63, 3.8) is 0 Å². The van der Waals surface area contributed by atoms with Gasteiger partial charge in [-0.05, 0) is 66.2 Å². The number of amides is 2. The lowest BCUT2D eigenvalue weighted by molar-refractivity contribution is -0.274. The quantitative estimate of drug-likeness (QED) is 0.311. The van der Waals surface area contributed by atoms with Crippen LogP contribution in [0.4, 0.5) is 26.3 Å². The first-order valence-corrected chi connectivity index (χ1v) is 11.3. The SMILES string of the molecule is O=C(NC(Cc1ccc(OC(F)(F)F)cc1)C(=O)NCCO)c1ccc(Oc2ccc(C(F)(F)F)cc2)cc1. The summed E-state index contributed by atoms with van der Waals surface area (Å²) in [6, 6.07) is 13.3. The maximum atomic E-state index is 12.8. The van der Waals surface area contributed by atoms with Crippen LogP contribution in [0.5, 0.6) is 17.2 Å². The lowest BCUT2D eigenvalue weighted by Gasteiger charge is -2.19. The summed E-state index contributed by atoms with van der Waals surface area (Å²) in [6.45, 7) is -0.435. The molecule has 2 amide bonds. The summed E-state index contributed by atoms with van der Waals surface area (Å²) in [5.74, 6) is -1.35. The van der Waals surface area contributed by atoms with Crippen LogP contribution in [0.1, 0.15) is 21.5 Å². The Bertz CT molecular complexity index is 1240. The third-order valence-electron chi connectivity index (χ3n) is 5.16. The highest BCUT2D eigenvalue weighted by Crippen LogP contribution is 2.31. The molecule has 0 aliphatic heterocycles. The van der Waals surface area contributed by atoms with Gasteiger partial charge in [0.1, 0.15) is 23.3 Å². The van der Waals surface area contributed by atoms with E-state index >= 15 is 0 Å². The molecule has 3 aromatic rings. The third kappa shape index (κ3) is 9.21. The molecular weight excluding hydrogens is 534 g/mol. The van der Waals surface area contributed by atoms with E-state index in [-0.39, 0.29) is 36.6 Å². The van der Waals surface area contributed by atoms with Gasteiger partial charge in [-0.3, -0.25) is 9.59 Å². The van der Waals surface area contributed by atoms with E-state index in [1.165, 1.54) is 36.4 Å². The number of halogens is 6. The highest BCUT2D eigenvalue weighted by Gasteiger charge is 2.31. The van der Waals surface area contributed by atoms with Crippen LogP contribution >= 0.6 is 0 Å². The van der Waals surface area contributed by atoms with E-state index in [1.807, 2.05) is 0 Å². The van der Waals surface area contributed by atoms with Crippen molar-refractivity contribution in [1.82, 2.24) is 10.6 Å². The second-order valence-electron chi connectivity index (χ2n) is 8.09. The Morgan fingerprint density at radius 3 is 1.85 bits per heavy atom. The van der Waals surface area contributed by atoms with Crippen molar-refractivity contribution in [2.24, 2.45) is 0 Å². The van der Waals surface area contributed by atoms with Gasteiger partial charge in [0.25, 0.3) is 5.91 Å². The van der Waals surface area contributed by atoms with Crippen LogP contribution in [-0.4, -0.2) is 42.5 Å². The first-order chi connectivity index (χ1) is 18.3. The Labute approximate surface area is 218 Å². The molecule has 0 spiro atoms. The van der Waals surface area contributed by atoms with Crippen LogP contribution in [0, 0.1) is 0 Å². The zero-order valence-electron chi connectivity index (χ0n) is 20.0. The molecular formula is C26H22F6N2O5. The molecule has 0 saturated carbocycles. The van der Waals surface area contributed by atoms with E-state index in [2.05, 4.69) is 15.4 Å². The number of hydrogen-bond donors (Lipinski definition) is 3. The molecule has 0 saturated heterocycles. The van der Waals surface area contributed by atoms with Crippen molar-refractivity contribution >= 4 is 11.8 Å². The first kappa shape index (κ1) is 29.3. The number of rotatable bonds is 10. The summed E-state index contributed by atoms with van der Waals surface area (Å²) in [7, 11) is 0. The average molecular weight is 556 g/mol. The van der Waals surface area contributed by atoms with E-state index in [4.69, 9.17) is 9.84 Å². The smallest absolute Gasteiger partial charge is 0.457 e. The van der Waals surface area contributed by atoms with Gasteiger partial charge < -0.3 is 25.2 Å². The van der Waals surface area contributed by atoms with Crippen LogP contribution in [0.25, 0.3) is 0 Å². The fourth-order valence-electron chi connectivity index (χ4n) is 3.34. The third-order valence-corrected chi connectivity index (χ3v) is 5.16. The molecule has 0 aliphatic rings. The zero-order valence-corrected chi connectivity index (χ0v) is 20.0. The monoisotopic (exact) mass is 556 g/mol. The molecule has 0 radical (unpaired) electrons. The summed E-state index contributed by atoms with van der Waals surface area (Å²) < 4.78 is 84.6. The van der Waals surface area contributed by atoms with E-state index in [9.17, 15) is 35.9 Å². The molecule has 0 fully saturated rings. The van der Waals surface area contributed by atoms with Gasteiger partial charge in [0.2, 0.25) is 5.91 Å². The lowest BCUT2D eigenvalue weighted by atomic mass is 10.0. The fourth-order valence-corrected chi connectivity index (χ4v) is 3.34. The topological polar surface area (TPSA) is 96.9 Å². The molecule has 0 aliphatic carbocycles. The van der Waals surface area contributed by atoms with Gasteiger partial charge in [0.15, 0.2) is 0 Å². The van der Waals surface area contributed by atoms with Crippen molar-refractivity contribution in [2.75, 3.05) is 13.2 Å². The first-order valence-electron chi connectivity index (χ1n) is 11.3. The summed E-state index contributed by atoms with van der Waals surface area (Å²) in [5.41, 5.74) is -0.275. The predicted octanol–water partition coefficient (Wildman–Crippen LogP) is 4.85. The van der Waals surface area contributed by atoms with Crippen molar-refractivity contribution in [1.29, 1.82) is 0 Å². The fraction of sp³-hybridized carbons (Fsp3) is 0.231. The van der Waals surface area contributed by atoms with Crippen molar-refractivity contribution in [3.05, 3.63) is 89.5 Å². The Balaban J connectivity index is 1.67. The maximum Gasteiger partial charge on any atom is 0.573 e. The van der Waals surface area contributed by atoms with Crippen LogP contribution in [0.15, 0.2) is 72.8 Å². The van der Waals surface area contributed by atoms with Gasteiger partial charge in [-0.25, -0.2) is 0 Å². The van der Waals surface area contributed by atoms with E-state index < -0.39 is 41.7 Å². The second-order valence-corrected chi connectivity index (χ2v) is 8.09. The summed E-state index contributed by atoms with van der Waals surface area (Å²) in [5, 5.41) is 14.0. The number of hydrogen-bond acceptors (Lipinski definition) is 5. The largest absolute Gasteiger partial charge is 0.573 e. The molecule has 0 bridgehead atoms. The molecule has 3 N–H and O–H groups in total. The molecule has 13 heteroatoms. The highest BCUT2D eigenvalue weighted by molar-refractivity contribution is 5.97. The zero-order chi connectivity index (χ0) is 28.6. The van der Waals surface area contributed by atoms with Crippen molar-refractivity contribution in [2.45, 2.75) is 25.0 Å². The maximum absolute atomic E-state index is 12.8. The highest BCUT2D eigenvalue weighted by atomic mass is 19.4. The van der Waals surface area contributed by atoms with Crippen LogP contribution in [-0.2, 0) is 17.4 Å². The van der Waals surface area contributed by atoms with Crippen molar-refractivity contribution < 1.29 is 50.5 Å². The Morgan fingerprint density at radius 1 is 0.795 bits per heavy atom. The van der Waals surface area contributed by atoms with Gasteiger partial charge in [-0.2, -0.15) is 13.2 Å². The number of ether oxygens (including phenoxy) is 2. The average Bonchev–Trinajstić information content (AvgIpc) is 2.87. The van der Waals surface area contributed by atoms with Crippen LogP contribution < -0.4 is 20.1 Å². The second kappa shape index (κ2) is 12.5. The summed E-state index contributed by atoms with van der Waals surface area (Å²) >= 11 is 0. The standard InChI is InChI=1S/C26H22F6N2O5/c27-25(28,29)18-5-11-20(12-6-18)38-19-9-3-17(4-10-19)23(36)34-22(24(37)33-13-14-35)15-16-1-7-21(8-2-16)39-26(30,31)32/h1-12,22,35H,13-15H2,(H,33,37)(H,34,36). The van der Waals surface area contributed by atoms with Gasteiger partial charge in [-0.15, -0.1) is 13.2 Å². The lowest BCUT2D eigenvalue weighted by Crippen LogP contribution is -2.48. The number of benzene rings is 3. The molecule has 1 unspecified atom stereocenters. The van der Waals surface area contributed by atoms with Gasteiger partial charge >= 0.3 is 12.5 Å². The number of carbonyl (C=O) groups excluding carboxylic acids is 2. The summed E-state index contributed by atoms with van der Waals surface area (Å²) in [6.07, 6.45) is -9.42. The number of aliphatic hydroxyl groups is 1. The normalized spacial score (nSPS) is 12.4. The number of carbonyl (C=O) groups is 2. The van der Waals surface area contributed by atoms with Gasteiger partial charge in [0, 0.05) is 18.5 Å². The van der Waals surface area contributed by atoms with E-state index in [1.54, 1.807) is 0 Å². The molecule has 7 nitrogen and oxygen atoms in total. The number of nitrogens with one attached hydrogen (secondary N) is 2. The molecule has 1 atom stereocenters. The number of aliphatic hydroxyl groups excluding tert-OH is 1. The van der Waals surface area contributed by atoms with E-state index in [0.717, 1.165) is 36.4 Å². The van der Waals surface area contributed by atoms with Crippen LogP contribution in [0.3, 0.4) is 0 Å². The minimum Gasteiger partial charge on any atom is -0.457 e. The van der Waals surface area contributed by atoms with Crippen LogP contribution in [0.2, 0.25) is 0 Å². The van der Waals surface area contributed by atoms with Gasteiger partial charge in [0.05, 0.1) is 12.2 Å². The minimum absolute atomic E-state index is 0.0790. The summed E-state index contributed by atoms with van der Waals surface area (Å²) in [4.78, 5) is 25.4. The Kier molecular flexibility index (Phi) is 9.41. The molecule has 0 aromatic heterocycles. The van der Waals surface area contributed by atoms with Crippen molar-refractivity contribution in [3.8, 4) is 17.2 Å². The van der Waals surface area contributed by atoms with Gasteiger partial charge in [-0.1, -0.05) is 12.1 Å². The molecule has 3 rings (SSSR count). The molecule has 39 heavy (non-hydrogen) atoms. The Morgan fingerprint density at radius 2 is 1.33 bits per heavy atom. The Hall–Kier alpha value is -4.26. The number of alkyl halides is 6. The van der Waals surface area contributed by atoms with E-state index in [0.29, 0.717) is 5.56 Å². The molecule has 208 valence electrons. The predicted molar refractivity (Wildman–Crippen MR) is 126 cm³/mol. The minimum atomic E-state index is -4.86.